The van der Waals surface area contributed by atoms with Crippen LogP contribution in [0.25, 0.3) is 0 Å². The predicted molar refractivity (Wildman–Crippen MR) is 78.4 cm³/mol. The number of urea groups is 1. The lowest BCUT2D eigenvalue weighted by Gasteiger charge is -2.33. The number of hydrogen-bond donors (Lipinski definition) is 1. The zero-order valence-corrected chi connectivity index (χ0v) is 12.9. The summed E-state index contributed by atoms with van der Waals surface area (Å²) < 4.78 is 0. The van der Waals surface area contributed by atoms with Gasteiger partial charge in [-0.2, -0.15) is 0 Å². The molecule has 0 aromatic carbocycles. The van der Waals surface area contributed by atoms with Gasteiger partial charge in [-0.25, -0.2) is 4.79 Å². The lowest BCUT2D eigenvalue weighted by Crippen LogP contribution is -2.49. The largest absolute Gasteiger partial charge is 0.347 e. The molecule has 1 aliphatic heterocycles. The van der Waals surface area contributed by atoms with Gasteiger partial charge in [0.05, 0.1) is 0 Å². The number of hydrogen-bond acceptors (Lipinski definition) is 2. The summed E-state index contributed by atoms with van der Waals surface area (Å²) >= 11 is 0. The van der Waals surface area contributed by atoms with Gasteiger partial charge in [-0.05, 0) is 31.6 Å². The topological polar surface area (TPSA) is 52.7 Å². The van der Waals surface area contributed by atoms with Crippen molar-refractivity contribution in [3.8, 4) is 0 Å². The first kappa shape index (κ1) is 15.1. The molecule has 1 aliphatic carbocycles. The molecule has 114 valence electrons. The van der Waals surface area contributed by atoms with Crippen LogP contribution in [0.1, 0.15) is 45.4 Å². The van der Waals surface area contributed by atoms with E-state index < -0.39 is 6.04 Å². The molecule has 20 heavy (non-hydrogen) atoms. The van der Waals surface area contributed by atoms with Gasteiger partial charge in [-0.15, -0.1) is 0 Å². The van der Waals surface area contributed by atoms with Gasteiger partial charge in [-0.3, -0.25) is 4.79 Å². The number of rotatable bonds is 2. The summed E-state index contributed by atoms with van der Waals surface area (Å²) in [6.07, 6.45) is 7.56. The minimum Gasteiger partial charge on any atom is -0.347 e. The summed E-state index contributed by atoms with van der Waals surface area (Å²) in [5.74, 6) is -0.0649. The molecule has 0 radical (unpaired) electrons. The Hall–Kier alpha value is -1.26. The number of amides is 3. The molecule has 1 atom stereocenters. The van der Waals surface area contributed by atoms with Crippen LogP contribution in [0.5, 0.6) is 0 Å². The fourth-order valence-corrected chi connectivity index (χ4v) is 3.54. The molecule has 0 bridgehead atoms. The van der Waals surface area contributed by atoms with E-state index in [2.05, 4.69) is 5.32 Å². The molecular formula is C15H27N3O2. The maximum Gasteiger partial charge on any atom is 0.318 e. The number of carbonyl (C=O) groups excluding carboxylic acids is 2. The third-order valence-electron chi connectivity index (χ3n) is 4.79. The molecule has 3 amide bonds. The van der Waals surface area contributed by atoms with Crippen molar-refractivity contribution in [2.24, 2.45) is 5.41 Å². The molecule has 0 aromatic heterocycles. The van der Waals surface area contributed by atoms with Crippen LogP contribution >= 0.6 is 0 Å². The van der Waals surface area contributed by atoms with Crippen molar-refractivity contribution < 1.29 is 9.59 Å². The fourth-order valence-electron chi connectivity index (χ4n) is 3.54. The second kappa shape index (κ2) is 6.02. The van der Waals surface area contributed by atoms with Gasteiger partial charge in [0.1, 0.15) is 6.04 Å². The molecule has 1 saturated carbocycles. The van der Waals surface area contributed by atoms with Crippen molar-refractivity contribution in [3.63, 3.8) is 0 Å². The lowest BCUT2D eigenvalue weighted by atomic mass is 9.73. The summed E-state index contributed by atoms with van der Waals surface area (Å²) in [4.78, 5) is 27.4. The number of nitrogens with zero attached hydrogens (tertiary/aromatic N) is 2. The van der Waals surface area contributed by atoms with Crippen molar-refractivity contribution in [1.82, 2.24) is 15.1 Å². The molecule has 5 nitrogen and oxygen atoms in total. The zero-order valence-electron chi connectivity index (χ0n) is 12.9. The molecule has 1 saturated heterocycles. The van der Waals surface area contributed by atoms with Gasteiger partial charge in [0, 0.05) is 27.2 Å². The summed E-state index contributed by atoms with van der Waals surface area (Å²) in [6.45, 7) is 3.43. The lowest BCUT2D eigenvalue weighted by molar-refractivity contribution is -0.130. The second-order valence-electron chi connectivity index (χ2n) is 6.64. The van der Waals surface area contributed by atoms with E-state index in [1.54, 1.807) is 21.0 Å². The smallest absolute Gasteiger partial charge is 0.318 e. The van der Waals surface area contributed by atoms with Gasteiger partial charge in [0.15, 0.2) is 0 Å². The van der Waals surface area contributed by atoms with Crippen molar-refractivity contribution >= 4 is 11.9 Å². The Morgan fingerprint density at radius 1 is 1.15 bits per heavy atom. The monoisotopic (exact) mass is 281 g/mol. The highest BCUT2D eigenvalue weighted by Gasteiger charge is 2.40. The molecule has 1 unspecified atom stereocenters. The van der Waals surface area contributed by atoms with E-state index in [0.29, 0.717) is 5.41 Å². The molecule has 1 spiro atoms. The van der Waals surface area contributed by atoms with E-state index in [1.165, 1.54) is 37.0 Å². The first-order chi connectivity index (χ1) is 9.43. The van der Waals surface area contributed by atoms with Crippen LogP contribution in [0.3, 0.4) is 0 Å². The quantitative estimate of drug-likeness (QED) is 0.839. The Balaban J connectivity index is 1.86. The highest BCUT2D eigenvalue weighted by molar-refractivity contribution is 5.86. The maximum absolute atomic E-state index is 12.3. The maximum atomic E-state index is 12.3. The molecule has 0 aromatic rings. The summed E-state index contributed by atoms with van der Waals surface area (Å²) in [5.41, 5.74) is 0.365. The van der Waals surface area contributed by atoms with Crippen LogP contribution in [0, 0.1) is 5.41 Å². The van der Waals surface area contributed by atoms with E-state index in [9.17, 15) is 9.59 Å². The first-order valence-corrected chi connectivity index (χ1v) is 7.70. The zero-order chi connectivity index (χ0) is 14.8. The van der Waals surface area contributed by atoms with E-state index in [4.69, 9.17) is 0 Å². The second-order valence-corrected chi connectivity index (χ2v) is 6.64. The van der Waals surface area contributed by atoms with Crippen molar-refractivity contribution in [3.05, 3.63) is 0 Å². The van der Waals surface area contributed by atoms with Crippen LogP contribution in [0.15, 0.2) is 0 Å². The number of likely N-dealkylation sites (tertiary alicyclic amines) is 1. The minimum absolute atomic E-state index is 0.0649. The van der Waals surface area contributed by atoms with Crippen LogP contribution < -0.4 is 5.32 Å². The van der Waals surface area contributed by atoms with Gasteiger partial charge < -0.3 is 15.1 Å². The van der Waals surface area contributed by atoms with Crippen molar-refractivity contribution in [2.75, 3.05) is 27.2 Å². The van der Waals surface area contributed by atoms with Crippen LogP contribution in [0.4, 0.5) is 4.79 Å². The number of carbonyl (C=O) groups is 2. The van der Waals surface area contributed by atoms with E-state index in [1.807, 2.05) is 4.90 Å². The molecule has 5 heteroatoms. The Bertz CT molecular complexity index is 375. The predicted octanol–water partition coefficient (Wildman–Crippen LogP) is 1.83. The molecule has 1 N–H and O–H groups in total. The highest BCUT2D eigenvalue weighted by atomic mass is 16.2. The van der Waals surface area contributed by atoms with E-state index in [-0.39, 0.29) is 11.9 Å². The van der Waals surface area contributed by atoms with Gasteiger partial charge in [0.2, 0.25) is 5.91 Å². The third-order valence-corrected chi connectivity index (χ3v) is 4.79. The van der Waals surface area contributed by atoms with Crippen LogP contribution in [-0.4, -0.2) is 55.0 Å². The Morgan fingerprint density at radius 3 is 2.40 bits per heavy atom. The van der Waals surface area contributed by atoms with E-state index >= 15 is 0 Å². The van der Waals surface area contributed by atoms with E-state index in [0.717, 1.165) is 19.5 Å². The molecular weight excluding hydrogens is 254 g/mol. The molecule has 2 fully saturated rings. The Kier molecular flexibility index (Phi) is 4.55. The van der Waals surface area contributed by atoms with Crippen molar-refractivity contribution in [1.29, 1.82) is 0 Å². The Morgan fingerprint density at radius 2 is 1.80 bits per heavy atom. The fraction of sp³-hybridized carbons (Fsp3) is 0.867. The highest BCUT2D eigenvalue weighted by Crippen LogP contribution is 2.43. The van der Waals surface area contributed by atoms with Crippen LogP contribution in [0.2, 0.25) is 0 Å². The number of likely N-dealkylation sites (N-methyl/N-ethyl adjacent to an activating group) is 1. The normalized spacial score (nSPS) is 22.6. The summed E-state index contributed by atoms with van der Waals surface area (Å²) in [6, 6.07) is -0.546. The molecule has 1 heterocycles. The molecule has 2 aliphatic rings. The van der Waals surface area contributed by atoms with Crippen LogP contribution in [-0.2, 0) is 4.79 Å². The standard InChI is InChI=1S/C15H27N3O2/c1-12(13(19)17(2)3)16-14(20)18-10-9-15(11-18)7-5-4-6-8-15/h12H,4-11H2,1-3H3,(H,16,20). The van der Waals surface area contributed by atoms with Gasteiger partial charge in [-0.1, -0.05) is 19.3 Å². The van der Waals surface area contributed by atoms with Crippen molar-refractivity contribution in [2.45, 2.75) is 51.5 Å². The van der Waals surface area contributed by atoms with Gasteiger partial charge in [0.25, 0.3) is 0 Å². The summed E-state index contributed by atoms with van der Waals surface area (Å²) in [5, 5.41) is 2.82. The average Bonchev–Trinajstić information content (AvgIpc) is 2.82. The third kappa shape index (κ3) is 3.25. The Labute approximate surface area is 121 Å². The summed E-state index contributed by atoms with van der Waals surface area (Å²) in [7, 11) is 3.41. The van der Waals surface area contributed by atoms with Gasteiger partial charge >= 0.3 is 6.03 Å². The first-order valence-electron chi connectivity index (χ1n) is 7.70. The SMILES string of the molecule is CC(NC(=O)N1CCC2(CCCCC2)C1)C(=O)N(C)C. The average molecular weight is 281 g/mol. The minimum atomic E-state index is -0.458. The number of nitrogens with one attached hydrogen (secondary N) is 1. The molecule has 2 rings (SSSR count).